The zero-order valence-corrected chi connectivity index (χ0v) is 12.3. The van der Waals surface area contributed by atoms with Crippen LogP contribution in [0.1, 0.15) is 37.3 Å². The number of carbonyl (C=O) groups excluding carboxylic acids is 1. The van der Waals surface area contributed by atoms with Gasteiger partial charge in [-0.3, -0.25) is 0 Å². The van der Waals surface area contributed by atoms with Crippen LogP contribution in [-0.2, 0) is 12.8 Å². The molecular weight excluding hydrogens is 250 g/mol. The van der Waals surface area contributed by atoms with E-state index >= 15 is 0 Å². The third-order valence-corrected chi connectivity index (χ3v) is 3.66. The number of hydrogen-bond donors (Lipinski definition) is 3. The van der Waals surface area contributed by atoms with E-state index < -0.39 is 0 Å². The molecule has 0 atom stereocenters. The van der Waals surface area contributed by atoms with Crippen LogP contribution in [0.25, 0.3) is 0 Å². The van der Waals surface area contributed by atoms with E-state index in [1.165, 1.54) is 23.2 Å². The van der Waals surface area contributed by atoms with Gasteiger partial charge in [0.15, 0.2) is 0 Å². The van der Waals surface area contributed by atoms with Crippen LogP contribution >= 0.6 is 0 Å². The average Bonchev–Trinajstić information content (AvgIpc) is 2.48. The second-order valence-corrected chi connectivity index (χ2v) is 5.27. The smallest absolute Gasteiger partial charge is 0.314 e. The van der Waals surface area contributed by atoms with Crippen molar-refractivity contribution in [3.05, 3.63) is 29.3 Å². The van der Waals surface area contributed by atoms with Crippen LogP contribution in [0.4, 0.5) is 10.5 Å². The van der Waals surface area contributed by atoms with Crippen molar-refractivity contribution in [3.63, 3.8) is 0 Å². The Morgan fingerprint density at radius 3 is 3.00 bits per heavy atom. The molecule has 2 rings (SSSR count). The molecule has 0 unspecified atom stereocenters. The number of unbranched alkanes of at least 4 members (excludes halogenated alkanes) is 1. The van der Waals surface area contributed by atoms with Crippen LogP contribution in [0.2, 0.25) is 0 Å². The number of amides is 2. The summed E-state index contributed by atoms with van der Waals surface area (Å²) in [7, 11) is 0. The molecule has 0 spiro atoms. The molecule has 1 aromatic rings. The van der Waals surface area contributed by atoms with Crippen molar-refractivity contribution in [2.45, 2.75) is 39.0 Å². The lowest BCUT2D eigenvalue weighted by atomic mass is 9.98. The lowest BCUT2D eigenvalue weighted by molar-refractivity contribution is 0.241. The van der Waals surface area contributed by atoms with Crippen molar-refractivity contribution in [2.75, 3.05) is 25.0 Å². The van der Waals surface area contributed by atoms with Crippen molar-refractivity contribution in [1.82, 2.24) is 10.6 Å². The molecule has 1 heterocycles. The second-order valence-electron chi connectivity index (χ2n) is 5.27. The fourth-order valence-corrected chi connectivity index (χ4v) is 2.54. The number of urea groups is 1. The van der Waals surface area contributed by atoms with E-state index in [9.17, 15) is 4.79 Å². The SMILES string of the molecule is CCCCNC(=O)NCCc1cccc2c1NCCC2. The van der Waals surface area contributed by atoms with Crippen LogP contribution in [0.3, 0.4) is 0 Å². The Hall–Kier alpha value is -1.71. The highest BCUT2D eigenvalue weighted by molar-refractivity contribution is 5.73. The van der Waals surface area contributed by atoms with Crippen LogP contribution in [0, 0.1) is 0 Å². The number of anilines is 1. The van der Waals surface area contributed by atoms with Gasteiger partial charge in [-0.15, -0.1) is 0 Å². The summed E-state index contributed by atoms with van der Waals surface area (Å²) in [6.07, 6.45) is 5.36. The number of hydrogen-bond acceptors (Lipinski definition) is 2. The molecule has 0 aliphatic carbocycles. The number of carbonyl (C=O) groups is 1. The maximum atomic E-state index is 11.6. The van der Waals surface area contributed by atoms with Crippen molar-refractivity contribution in [2.24, 2.45) is 0 Å². The third kappa shape index (κ3) is 4.15. The standard InChI is InChI=1S/C16H25N3O/c1-2-3-10-18-16(20)19-12-9-14-7-4-6-13-8-5-11-17-15(13)14/h4,6-7,17H,2-3,5,8-12H2,1H3,(H2,18,19,20). The fourth-order valence-electron chi connectivity index (χ4n) is 2.54. The van der Waals surface area contributed by atoms with Gasteiger partial charge in [0, 0.05) is 25.3 Å². The molecule has 1 aliphatic heterocycles. The first-order valence-electron chi connectivity index (χ1n) is 7.67. The maximum absolute atomic E-state index is 11.6. The lowest BCUT2D eigenvalue weighted by Crippen LogP contribution is -2.37. The van der Waals surface area contributed by atoms with E-state index in [0.717, 1.165) is 38.8 Å². The van der Waals surface area contributed by atoms with Gasteiger partial charge in [-0.2, -0.15) is 0 Å². The summed E-state index contributed by atoms with van der Waals surface area (Å²) in [5.74, 6) is 0. The molecule has 110 valence electrons. The van der Waals surface area contributed by atoms with Gasteiger partial charge in [-0.05, 0) is 36.8 Å². The maximum Gasteiger partial charge on any atom is 0.314 e. The third-order valence-electron chi connectivity index (χ3n) is 3.66. The van der Waals surface area contributed by atoms with Crippen molar-refractivity contribution in [3.8, 4) is 0 Å². The summed E-state index contributed by atoms with van der Waals surface area (Å²) >= 11 is 0. The quantitative estimate of drug-likeness (QED) is 0.699. The Bertz CT molecular complexity index is 445. The second kappa shape index (κ2) is 7.78. The lowest BCUT2D eigenvalue weighted by Gasteiger charge is -2.21. The highest BCUT2D eigenvalue weighted by Gasteiger charge is 2.11. The summed E-state index contributed by atoms with van der Waals surface area (Å²) < 4.78 is 0. The van der Waals surface area contributed by atoms with Crippen molar-refractivity contribution in [1.29, 1.82) is 0 Å². The Balaban J connectivity index is 1.78. The first kappa shape index (κ1) is 14.7. The number of para-hydroxylation sites is 1. The monoisotopic (exact) mass is 275 g/mol. The van der Waals surface area contributed by atoms with Gasteiger partial charge in [0.25, 0.3) is 0 Å². The molecule has 0 bridgehead atoms. The van der Waals surface area contributed by atoms with E-state index in [2.05, 4.69) is 41.1 Å². The predicted molar refractivity (Wildman–Crippen MR) is 83.3 cm³/mol. The molecule has 2 amide bonds. The van der Waals surface area contributed by atoms with Gasteiger partial charge in [-0.25, -0.2) is 4.79 Å². The van der Waals surface area contributed by atoms with Gasteiger partial charge < -0.3 is 16.0 Å². The molecule has 1 aliphatic rings. The highest BCUT2D eigenvalue weighted by Crippen LogP contribution is 2.26. The molecule has 0 saturated carbocycles. The zero-order chi connectivity index (χ0) is 14.2. The first-order chi connectivity index (χ1) is 9.81. The zero-order valence-electron chi connectivity index (χ0n) is 12.3. The van der Waals surface area contributed by atoms with E-state index in [1.807, 2.05) is 0 Å². The minimum Gasteiger partial charge on any atom is -0.385 e. The largest absolute Gasteiger partial charge is 0.385 e. The van der Waals surface area contributed by atoms with Gasteiger partial charge in [0.1, 0.15) is 0 Å². The molecule has 0 radical (unpaired) electrons. The van der Waals surface area contributed by atoms with Gasteiger partial charge in [-0.1, -0.05) is 31.5 Å². The van der Waals surface area contributed by atoms with Crippen molar-refractivity contribution < 1.29 is 4.79 Å². The van der Waals surface area contributed by atoms with Crippen molar-refractivity contribution >= 4 is 11.7 Å². The van der Waals surface area contributed by atoms with Gasteiger partial charge >= 0.3 is 6.03 Å². The number of aryl methyl sites for hydroxylation is 1. The molecule has 0 saturated heterocycles. The highest BCUT2D eigenvalue weighted by atomic mass is 16.2. The van der Waals surface area contributed by atoms with Crippen LogP contribution < -0.4 is 16.0 Å². The molecule has 4 heteroatoms. The number of fused-ring (bicyclic) bond motifs is 1. The van der Waals surface area contributed by atoms with Gasteiger partial charge in [0.2, 0.25) is 0 Å². The molecular formula is C16H25N3O. The van der Waals surface area contributed by atoms with Gasteiger partial charge in [0.05, 0.1) is 0 Å². The predicted octanol–water partition coefficient (Wildman–Crippen LogP) is 2.69. The number of nitrogens with one attached hydrogen (secondary N) is 3. The van der Waals surface area contributed by atoms with E-state index in [4.69, 9.17) is 0 Å². The van der Waals surface area contributed by atoms with Crippen LogP contribution in [0.15, 0.2) is 18.2 Å². The summed E-state index contributed by atoms with van der Waals surface area (Å²) in [5.41, 5.74) is 3.99. The van der Waals surface area contributed by atoms with E-state index in [-0.39, 0.29) is 6.03 Å². The topological polar surface area (TPSA) is 53.2 Å². The van der Waals surface area contributed by atoms with Crippen LogP contribution in [-0.4, -0.2) is 25.7 Å². The molecule has 0 fully saturated rings. The van der Waals surface area contributed by atoms with E-state index in [1.54, 1.807) is 0 Å². The number of rotatable bonds is 6. The fraction of sp³-hybridized carbons (Fsp3) is 0.562. The summed E-state index contributed by atoms with van der Waals surface area (Å²) in [6, 6.07) is 6.39. The first-order valence-corrected chi connectivity index (χ1v) is 7.67. The van der Waals surface area contributed by atoms with Crippen LogP contribution in [0.5, 0.6) is 0 Å². The Kier molecular flexibility index (Phi) is 5.71. The Labute approximate surface area is 121 Å². The molecule has 20 heavy (non-hydrogen) atoms. The minimum absolute atomic E-state index is 0.0591. The molecule has 0 aromatic heterocycles. The summed E-state index contributed by atoms with van der Waals surface area (Å²) in [5, 5.41) is 9.27. The van der Waals surface area contributed by atoms with E-state index in [0.29, 0.717) is 6.54 Å². The Morgan fingerprint density at radius 2 is 2.15 bits per heavy atom. The summed E-state index contributed by atoms with van der Waals surface area (Å²) in [6.45, 7) is 4.60. The molecule has 1 aromatic carbocycles. The number of benzene rings is 1. The Morgan fingerprint density at radius 1 is 1.30 bits per heavy atom. The normalized spacial score (nSPS) is 13.2. The molecule has 4 nitrogen and oxygen atoms in total. The minimum atomic E-state index is -0.0591. The summed E-state index contributed by atoms with van der Waals surface area (Å²) in [4.78, 5) is 11.6. The molecule has 3 N–H and O–H groups in total. The average molecular weight is 275 g/mol.